The maximum Gasteiger partial charge on any atom is 0.156 e. The molecule has 1 N–H and O–H groups in total. The largest absolute Gasteiger partial charge is 0.393 e. The molecule has 0 bridgehead atoms. The zero-order valence-corrected chi connectivity index (χ0v) is 21.4. The van der Waals surface area contributed by atoms with Crippen LogP contribution in [0.25, 0.3) is 0 Å². The molecule has 5 rings (SSSR count). The highest BCUT2D eigenvalue weighted by Gasteiger charge is 2.63. The summed E-state index contributed by atoms with van der Waals surface area (Å²) >= 11 is 0. The van der Waals surface area contributed by atoms with Gasteiger partial charge in [0.05, 0.1) is 6.10 Å². The van der Waals surface area contributed by atoms with Crippen molar-refractivity contribution in [2.75, 3.05) is 0 Å². The van der Waals surface area contributed by atoms with Gasteiger partial charge in [-0.05, 0) is 109 Å². The van der Waals surface area contributed by atoms with Gasteiger partial charge in [-0.3, -0.25) is 4.79 Å². The van der Waals surface area contributed by atoms with E-state index in [1.807, 2.05) is 6.08 Å². The highest BCUT2D eigenvalue weighted by Crippen LogP contribution is 2.70. The van der Waals surface area contributed by atoms with Gasteiger partial charge in [0.15, 0.2) is 5.78 Å². The molecule has 2 nitrogen and oxygen atoms in total. The number of ketones is 1. The molecule has 4 saturated carbocycles. The lowest BCUT2D eigenvalue weighted by Crippen LogP contribution is -2.58. The van der Waals surface area contributed by atoms with Crippen LogP contribution in [0.2, 0.25) is 0 Å². The van der Waals surface area contributed by atoms with E-state index in [0.29, 0.717) is 23.2 Å². The third kappa shape index (κ3) is 3.48. The van der Waals surface area contributed by atoms with Crippen molar-refractivity contribution in [3.63, 3.8) is 0 Å². The van der Waals surface area contributed by atoms with Gasteiger partial charge in [0.25, 0.3) is 0 Å². The average Bonchev–Trinajstić information content (AvgIpc) is 3.08. The van der Waals surface area contributed by atoms with Crippen LogP contribution in [-0.2, 0) is 4.79 Å². The molecule has 180 valence electrons. The Balaban J connectivity index is 1.40. The molecule has 0 saturated heterocycles. The van der Waals surface area contributed by atoms with Gasteiger partial charge >= 0.3 is 0 Å². The van der Waals surface area contributed by atoms with Crippen LogP contribution < -0.4 is 0 Å². The number of hydrogen-bond acceptors (Lipinski definition) is 2. The zero-order valence-electron chi connectivity index (χ0n) is 21.4. The molecule has 0 heterocycles. The lowest BCUT2D eigenvalue weighted by atomic mass is 9.41. The summed E-state index contributed by atoms with van der Waals surface area (Å²) in [6.45, 7) is 12.5. The van der Waals surface area contributed by atoms with Crippen LogP contribution in [0.15, 0.2) is 11.6 Å². The number of fused-ring (bicyclic) bond motifs is 4. The van der Waals surface area contributed by atoms with Gasteiger partial charge in [-0.25, -0.2) is 0 Å². The third-order valence-electron chi connectivity index (χ3n) is 11.8. The Kier molecular flexibility index (Phi) is 5.96. The third-order valence-corrected chi connectivity index (χ3v) is 11.8. The molecule has 0 aromatic rings. The van der Waals surface area contributed by atoms with E-state index in [1.165, 1.54) is 50.5 Å². The molecule has 0 aromatic heterocycles. The standard InChI is InChI=1S/C30H48O2/c1-18(2)7-6-8-19(3)24-9-10-25-22-16-20-15-21(31)17-23-27(32)12-14-30(5,28(20)23)26(22)11-13-29(24,25)4/h15,18-19,22-28,32H,6-14,16-17H2,1-5H3/t19-,22+,23-,24-,25+,26+,27-,28+,29-,30-/m1/s1. The smallest absolute Gasteiger partial charge is 0.156 e. The summed E-state index contributed by atoms with van der Waals surface area (Å²) in [6, 6.07) is 0. The van der Waals surface area contributed by atoms with Crippen LogP contribution in [-0.4, -0.2) is 17.0 Å². The molecule has 0 aliphatic heterocycles. The van der Waals surface area contributed by atoms with Crippen molar-refractivity contribution < 1.29 is 9.90 Å². The van der Waals surface area contributed by atoms with E-state index in [9.17, 15) is 9.90 Å². The number of carbonyl (C=O) groups is 1. The summed E-state index contributed by atoms with van der Waals surface area (Å²) in [4.78, 5) is 12.6. The molecule has 4 fully saturated rings. The predicted molar refractivity (Wildman–Crippen MR) is 131 cm³/mol. The van der Waals surface area contributed by atoms with E-state index in [0.717, 1.165) is 54.8 Å². The molecule has 0 amide bonds. The van der Waals surface area contributed by atoms with Gasteiger partial charge in [0.1, 0.15) is 0 Å². The molecule has 5 aliphatic carbocycles. The minimum Gasteiger partial charge on any atom is -0.393 e. The molecule has 0 spiro atoms. The van der Waals surface area contributed by atoms with Crippen molar-refractivity contribution in [2.45, 2.75) is 111 Å². The Morgan fingerprint density at radius 1 is 0.938 bits per heavy atom. The second kappa shape index (κ2) is 8.24. The van der Waals surface area contributed by atoms with Gasteiger partial charge in [-0.1, -0.05) is 59.5 Å². The van der Waals surface area contributed by atoms with E-state index in [-0.39, 0.29) is 17.8 Å². The van der Waals surface area contributed by atoms with Crippen LogP contribution in [0.1, 0.15) is 105 Å². The van der Waals surface area contributed by atoms with E-state index >= 15 is 0 Å². The van der Waals surface area contributed by atoms with Crippen LogP contribution in [0.5, 0.6) is 0 Å². The maximum atomic E-state index is 12.6. The zero-order chi connectivity index (χ0) is 22.8. The van der Waals surface area contributed by atoms with Crippen molar-refractivity contribution in [3.05, 3.63) is 11.6 Å². The van der Waals surface area contributed by atoms with Crippen LogP contribution in [0.4, 0.5) is 0 Å². The molecule has 5 aliphatic rings. The van der Waals surface area contributed by atoms with Crippen LogP contribution >= 0.6 is 0 Å². The maximum absolute atomic E-state index is 12.6. The monoisotopic (exact) mass is 440 g/mol. The minimum absolute atomic E-state index is 0.188. The van der Waals surface area contributed by atoms with Crippen molar-refractivity contribution in [2.24, 2.45) is 58.2 Å². The number of carbonyl (C=O) groups excluding carboxylic acids is 1. The quantitative estimate of drug-likeness (QED) is 0.490. The summed E-state index contributed by atoms with van der Waals surface area (Å²) in [5.41, 5.74) is 2.22. The Hall–Kier alpha value is -0.630. The highest BCUT2D eigenvalue weighted by atomic mass is 16.3. The van der Waals surface area contributed by atoms with E-state index in [2.05, 4.69) is 34.6 Å². The summed E-state index contributed by atoms with van der Waals surface area (Å²) in [5, 5.41) is 10.8. The molecule has 0 unspecified atom stereocenters. The van der Waals surface area contributed by atoms with Gasteiger partial charge in [0.2, 0.25) is 0 Å². The average molecular weight is 441 g/mol. The van der Waals surface area contributed by atoms with E-state index < -0.39 is 0 Å². The first-order chi connectivity index (χ1) is 15.1. The van der Waals surface area contributed by atoms with Crippen molar-refractivity contribution in [3.8, 4) is 0 Å². The summed E-state index contributed by atoms with van der Waals surface area (Å²) in [6.07, 6.45) is 15.3. The number of rotatable bonds is 5. The highest BCUT2D eigenvalue weighted by molar-refractivity contribution is 5.91. The predicted octanol–water partition coefficient (Wildman–Crippen LogP) is 7.20. The molecular weight excluding hydrogens is 392 g/mol. The van der Waals surface area contributed by atoms with Gasteiger partial charge in [0, 0.05) is 6.42 Å². The lowest BCUT2D eigenvalue weighted by molar-refractivity contribution is -0.142. The summed E-state index contributed by atoms with van der Waals surface area (Å²) < 4.78 is 0. The van der Waals surface area contributed by atoms with Crippen LogP contribution in [0.3, 0.4) is 0 Å². The Labute approximate surface area is 197 Å². The summed E-state index contributed by atoms with van der Waals surface area (Å²) in [7, 11) is 0. The summed E-state index contributed by atoms with van der Waals surface area (Å²) in [5.74, 6) is 5.87. The second-order valence-corrected chi connectivity index (χ2v) is 13.8. The molecule has 32 heavy (non-hydrogen) atoms. The fraction of sp³-hybridized carbons (Fsp3) is 0.900. The van der Waals surface area contributed by atoms with Crippen LogP contribution in [0, 0.1) is 58.2 Å². The molecule has 0 aromatic carbocycles. The van der Waals surface area contributed by atoms with Crippen molar-refractivity contribution >= 4 is 5.78 Å². The Morgan fingerprint density at radius 2 is 1.66 bits per heavy atom. The van der Waals surface area contributed by atoms with Crippen molar-refractivity contribution in [1.29, 1.82) is 0 Å². The fourth-order valence-electron chi connectivity index (χ4n) is 10.4. The minimum atomic E-state index is -0.270. The molecule has 0 radical (unpaired) electrons. The first-order valence-electron chi connectivity index (χ1n) is 14.1. The van der Waals surface area contributed by atoms with E-state index in [4.69, 9.17) is 0 Å². The van der Waals surface area contributed by atoms with E-state index in [1.54, 1.807) is 0 Å². The molecule has 10 atom stereocenters. The normalized spacial score (nSPS) is 48.7. The lowest BCUT2D eigenvalue weighted by Gasteiger charge is -2.64. The number of aliphatic hydroxyl groups excluding tert-OH is 1. The Bertz CT molecular complexity index is 767. The molecular formula is C30H48O2. The van der Waals surface area contributed by atoms with Gasteiger partial charge in [-0.2, -0.15) is 0 Å². The molecule has 2 heteroatoms. The van der Waals surface area contributed by atoms with Crippen molar-refractivity contribution in [1.82, 2.24) is 0 Å². The van der Waals surface area contributed by atoms with Gasteiger partial charge in [-0.15, -0.1) is 0 Å². The SMILES string of the molecule is CC(C)CCC[C@@H](C)[C@H]1CC[C@H]2[C@@H]3CC4=CC(=O)C[C@@H]5[C@H](O)CC[C@](C)([C@H]3CC[C@]12C)[C@@H]45. The number of aliphatic hydroxyl groups is 1. The number of allylic oxidation sites excluding steroid dienone is 2. The first kappa shape index (κ1) is 23.1. The number of hydrogen-bond donors (Lipinski definition) is 1. The topological polar surface area (TPSA) is 37.3 Å². The van der Waals surface area contributed by atoms with Gasteiger partial charge < -0.3 is 5.11 Å². The Morgan fingerprint density at radius 3 is 2.41 bits per heavy atom. The first-order valence-corrected chi connectivity index (χ1v) is 14.1. The second-order valence-electron chi connectivity index (χ2n) is 13.8. The fourth-order valence-corrected chi connectivity index (χ4v) is 10.4.